The molecule has 0 fully saturated rings. The molecule has 0 amide bonds. The van der Waals surface area contributed by atoms with Crippen molar-refractivity contribution in [3.05, 3.63) is 23.9 Å². The zero-order chi connectivity index (χ0) is 6.10. The number of nitrogens with zero attached hydrogens (tertiary/aromatic N) is 2. The van der Waals surface area contributed by atoms with Crippen molar-refractivity contribution in [3.8, 4) is 0 Å². The summed E-state index contributed by atoms with van der Waals surface area (Å²) in [5.74, 6) is 0.942. The van der Waals surface area contributed by atoms with Gasteiger partial charge in [0.05, 0.1) is 0 Å². The van der Waals surface area contributed by atoms with Crippen LogP contribution < -0.4 is 5.32 Å². The summed E-state index contributed by atoms with van der Waals surface area (Å²) in [7, 11) is 0. The largest absolute Gasteiger partial charge is 0.266 e. The van der Waals surface area contributed by atoms with Crippen LogP contribution in [0.25, 0.3) is 0 Å². The zero-order valence-corrected chi connectivity index (χ0v) is 5.04. The number of hydrogen-bond acceptors (Lipinski definition) is 1. The van der Waals surface area contributed by atoms with Gasteiger partial charge in [0.25, 0.3) is 0 Å². The summed E-state index contributed by atoms with van der Waals surface area (Å²) in [5, 5.41) is 4.19. The first kappa shape index (κ1) is 4.79. The van der Waals surface area contributed by atoms with Gasteiger partial charge in [-0.05, 0) is 18.1 Å². The van der Waals surface area contributed by atoms with E-state index in [4.69, 9.17) is 0 Å². The lowest BCUT2D eigenvalue weighted by Crippen LogP contribution is -1.90. The van der Waals surface area contributed by atoms with Crippen LogP contribution in [-0.2, 0) is 6.42 Å². The summed E-state index contributed by atoms with van der Waals surface area (Å²) in [6.45, 7) is 0.923. The lowest BCUT2D eigenvalue weighted by molar-refractivity contribution is 0.895. The number of rotatable bonds is 0. The molecule has 2 heteroatoms. The van der Waals surface area contributed by atoms with Crippen LogP contribution in [-0.4, -0.2) is 11.5 Å². The lowest BCUT2D eigenvalue weighted by Gasteiger charge is -1.90. The molecule has 2 rings (SSSR count). The second-order valence-corrected chi connectivity index (χ2v) is 2.12. The molecule has 1 aliphatic heterocycles. The first-order chi connectivity index (χ1) is 4.47. The fraction of sp³-hybridized carbons (Fsp3) is 0.286. The Morgan fingerprint density at radius 3 is 3.33 bits per heavy atom. The fourth-order valence-electron chi connectivity index (χ4n) is 1.05. The maximum atomic E-state index is 4.19. The smallest absolute Gasteiger partial charge is 0.150 e. The minimum absolute atomic E-state index is 0.923. The van der Waals surface area contributed by atoms with Crippen LogP contribution in [0.4, 0.5) is 5.82 Å². The molecule has 2 heterocycles. The molecule has 1 aliphatic rings. The Morgan fingerprint density at radius 1 is 1.44 bits per heavy atom. The van der Waals surface area contributed by atoms with Gasteiger partial charge in [-0.3, -0.25) is 5.32 Å². The average Bonchev–Trinajstić information content (AvgIpc) is 2.33. The van der Waals surface area contributed by atoms with E-state index < -0.39 is 0 Å². The average molecular weight is 119 g/mol. The quantitative estimate of drug-likeness (QED) is 0.498. The molecule has 0 aliphatic carbocycles. The van der Waals surface area contributed by atoms with Crippen LogP contribution in [0.15, 0.2) is 18.3 Å². The topological polar surface area (TPSA) is 27.0 Å². The molecule has 1 aromatic rings. The van der Waals surface area contributed by atoms with Crippen molar-refractivity contribution >= 4 is 5.82 Å². The van der Waals surface area contributed by atoms with E-state index in [1.54, 1.807) is 6.20 Å². The minimum Gasteiger partial charge on any atom is -0.266 e. The second-order valence-electron chi connectivity index (χ2n) is 2.12. The number of aromatic nitrogens is 1. The normalized spacial score (nSPS) is 14.7. The highest BCUT2D eigenvalue weighted by atomic mass is 15.0. The molecule has 2 nitrogen and oxygen atoms in total. The van der Waals surface area contributed by atoms with E-state index in [0.717, 1.165) is 18.8 Å². The third kappa shape index (κ3) is 0.669. The maximum absolute atomic E-state index is 4.19. The monoisotopic (exact) mass is 119 g/mol. The summed E-state index contributed by atoms with van der Waals surface area (Å²) < 4.78 is 0. The van der Waals surface area contributed by atoms with Crippen molar-refractivity contribution in [3.63, 3.8) is 0 Å². The van der Waals surface area contributed by atoms with E-state index in [2.05, 4.69) is 16.4 Å². The Hall–Kier alpha value is -1.05. The van der Waals surface area contributed by atoms with E-state index in [1.165, 1.54) is 5.56 Å². The van der Waals surface area contributed by atoms with Crippen LogP contribution >= 0.6 is 0 Å². The molecule has 0 atom stereocenters. The number of fused-ring (bicyclic) bond motifs is 1. The van der Waals surface area contributed by atoms with Crippen molar-refractivity contribution in [1.29, 1.82) is 0 Å². The van der Waals surface area contributed by atoms with Crippen molar-refractivity contribution in [1.82, 2.24) is 10.3 Å². The SMILES string of the molecule is c1cnc2c(c1)CC[N]2. The van der Waals surface area contributed by atoms with Gasteiger partial charge in [-0.2, -0.15) is 0 Å². The highest BCUT2D eigenvalue weighted by molar-refractivity contribution is 5.40. The molecule has 1 aromatic heterocycles. The second kappa shape index (κ2) is 1.72. The number of pyridine rings is 1. The van der Waals surface area contributed by atoms with E-state index in [-0.39, 0.29) is 0 Å². The molecule has 0 aromatic carbocycles. The van der Waals surface area contributed by atoms with Gasteiger partial charge in [-0.1, -0.05) is 6.07 Å². The Labute approximate surface area is 53.9 Å². The van der Waals surface area contributed by atoms with Gasteiger partial charge in [0.15, 0.2) is 0 Å². The van der Waals surface area contributed by atoms with Crippen molar-refractivity contribution in [2.45, 2.75) is 6.42 Å². The van der Waals surface area contributed by atoms with Crippen molar-refractivity contribution in [2.75, 3.05) is 6.54 Å². The standard InChI is InChI=1S/C7H7N2/c1-2-6-3-5-9-7(6)8-4-1/h1-2,4H,3,5H2. The van der Waals surface area contributed by atoms with Crippen LogP contribution in [0, 0.1) is 0 Å². The molecule has 0 saturated carbocycles. The molecular weight excluding hydrogens is 112 g/mol. The molecule has 45 valence electrons. The Balaban J connectivity index is 2.54. The molecule has 0 spiro atoms. The molecular formula is C7H7N2. The maximum Gasteiger partial charge on any atom is 0.150 e. The predicted molar refractivity (Wildman–Crippen MR) is 34.6 cm³/mol. The minimum atomic E-state index is 0.923. The molecule has 0 saturated heterocycles. The van der Waals surface area contributed by atoms with Gasteiger partial charge in [-0.25, -0.2) is 4.98 Å². The third-order valence-electron chi connectivity index (χ3n) is 1.51. The van der Waals surface area contributed by atoms with Gasteiger partial charge in [0, 0.05) is 12.7 Å². The summed E-state index contributed by atoms with van der Waals surface area (Å²) >= 11 is 0. The fourth-order valence-corrected chi connectivity index (χ4v) is 1.05. The lowest BCUT2D eigenvalue weighted by atomic mass is 10.2. The van der Waals surface area contributed by atoms with Crippen molar-refractivity contribution in [2.24, 2.45) is 0 Å². The molecule has 0 unspecified atom stereocenters. The molecule has 0 N–H and O–H groups in total. The van der Waals surface area contributed by atoms with E-state index in [1.807, 2.05) is 6.07 Å². The van der Waals surface area contributed by atoms with Crippen LogP contribution in [0.2, 0.25) is 0 Å². The highest BCUT2D eigenvalue weighted by Gasteiger charge is 2.09. The summed E-state index contributed by atoms with van der Waals surface area (Å²) in [6, 6.07) is 4.04. The Bertz CT molecular complexity index is 197. The van der Waals surface area contributed by atoms with Gasteiger partial charge in [0.1, 0.15) is 5.82 Å². The zero-order valence-electron chi connectivity index (χ0n) is 5.04. The van der Waals surface area contributed by atoms with Crippen LogP contribution in [0.5, 0.6) is 0 Å². The van der Waals surface area contributed by atoms with Gasteiger partial charge in [-0.15, -0.1) is 0 Å². The van der Waals surface area contributed by atoms with E-state index in [9.17, 15) is 0 Å². The first-order valence-electron chi connectivity index (χ1n) is 3.08. The van der Waals surface area contributed by atoms with E-state index >= 15 is 0 Å². The Kier molecular flexibility index (Phi) is 0.918. The highest BCUT2D eigenvalue weighted by Crippen LogP contribution is 2.17. The predicted octanol–water partition coefficient (Wildman–Crippen LogP) is 0.874. The summed E-state index contributed by atoms with van der Waals surface area (Å²) in [6.07, 6.45) is 2.86. The Morgan fingerprint density at radius 2 is 2.44 bits per heavy atom. The van der Waals surface area contributed by atoms with Crippen LogP contribution in [0.1, 0.15) is 5.56 Å². The molecule has 1 radical (unpaired) electrons. The van der Waals surface area contributed by atoms with E-state index in [0.29, 0.717) is 0 Å². The number of hydrogen-bond donors (Lipinski definition) is 0. The third-order valence-corrected chi connectivity index (χ3v) is 1.51. The van der Waals surface area contributed by atoms with Gasteiger partial charge >= 0.3 is 0 Å². The molecule has 9 heavy (non-hydrogen) atoms. The molecule has 0 bridgehead atoms. The van der Waals surface area contributed by atoms with Crippen molar-refractivity contribution < 1.29 is 0 Å². The summed E-state index contributed by atoms with van der Waals surface area (Å²) in [4.78, 5) is 4.09. The summed E-state index contributed by atoms with van der Waals surface area (Å²) in [5.41, 5.74) is 1.29. The first-order valence-corrected chi connectivity index (χ1v) is 3.08. The van der Waals surface area contributed by atoms with Gasteiger partial charge < -0.3 is 0 Å². The van der Waals surface area contributed by atoms with Gasteiger partial charge in [0.2, 0.25) is 0 Å². The van der Waals surface area contributed by atoms with Crippen LogP contribution in [0.3, 0.4) is 0 Å².